The van der Waals surface area contributed by atoms with Gasteiger partial charge < -0.3 is 14.7 Å². The molecule has 0 aromatic heterocycles. The molecule has 0 bridgehead atoms. The zero-order chi connectivity index (χ0) is 14.4. The van der Waals surface area contributed by atoms with Crippen LogP contribution in [0.25, 0.3) is 0 Å². The number of ether oxygens (including phenoxy) is 1. The van der Waals surface area contributed by atoms with Gasteiger partial charge in [0.2, 0.25) is 0 Å². The highest BCUT2D eigenvalue weighted by Gasteiger charge is 2.27. The molecule has 20 heavy (non-hydrogen) atoms. The quantitative estimate of drug-likeness (QED) is 0.868. The van der Waals surface area contributed by atoms with Crippen LogP contribution in [-0.2, 0) is 11.3 Å². The summed E-state index contributed by atoms with van der Waals surface area (Å²) in [5.74, 6) is 0. The van der Waals surface area contributed by atoms with Crippen molar-refractivity contribution in [1.29, 1.82) is 0 Å². The smallest absolute Gasteiger partial charge is 0.0900 e. The van der Waals surface area contributed by atoms with E-state index in [-0.39, 0.29) is 0 Å². The monoisotopic (exact) mass is 277 g/mol. The Bertz CT molecular complexity index is 391. The molecule has 0 radical (unpaired) electrons. The molecule has 1 heterocycles. The van der Waals surface area contributed by atoms with Gasteiger partial charge in [-0.25, -0.2) is 0 Å². The first kappa shape index (κ1) is 15.5. The molecule has 3 heteroatoms. The lowest BCUT2D eigenvalue weighted by atomic mass is 9.84. The first-order chi connectivity index (χ1) is 9.55. The van der Waals surface area contributed by atoms with Crippen LogP contribution in [-0.4, -0.2) is 42.4 Å². The number of aliphatic hydroxyl groups is 1. The molecule has 1 aromatic carbocycles. The minimum atomic E-state index is -0.396. The third-order valence-electron chi connectivity index (χ3n) is 3.87. The Labute approximate surface area is 122 Å². The Balaban J connectivity index is 1.66. The molecule has 1 atom stereocenters. The standard InChI is InChI=1S/C17H27NO2/c1-17(2)9-6-10-18(14-17)11-16(19)13-20-12-15-7-4-3-5-8-15/h3-5,7-8,16,19H,6,9-14H2,1-2H3. The van der Waals surface area contributed by atoms with E-state index in [1.807, 2.05) is 30.3 Å². The summed E-state index contributed by atoms with van der Waals surface area (Å²) in [4.78, 5) is 2.36. The van der Waals surface area contributed by atoms with Crippen molar-refractivity contribution in [2.75, 3.05) is 26.2 Å². The van der Waals surface area contributed by atoms with Gasteiger partial charge in [-0.1, -0.05) is 44.2 Å². The van der Waals surface area contributed by atoms with Gasteiger partial charge >= 0.3 is 0 Å². The van der Waals surface area contributed by atoms with Crippen molar-refractivity contribution in [3.63, 3.8) is 0 Å². The maximum atomic E-state index is 10.1. The van der Waals surface area contributed by atoms with Crippen molar-refractivity contribution in [3.8, 4) is 0 Å². The molecule has 0 saturated carbocycles. The number of aliphatic hydroxyl groups excluding tert-OH is 1. The van der Waals surface area contributed by atoms with E-state index < -0.39 is 6.10 Å². The van der Waals surface area contributed by atoms with Gasteiger partial charge in [0.1, 0.15) is 0 Å². The van der Waals surface area contributed by atoms with E-state index in [0.29, 0.717) is 18.6 Å². The van der Waals surface area contributed by atoms with Crippen LogP contribution in [0.5, 0.6) is 0 Å². The first-order valence-corrected chi connectivity index (χ1v) is 7.57. The predicted octanol–water partition coefficient (Wildman–Crippen LogP) is 2.69. The Hall–Kier alpha value is -0.900. The number of β-amino-alcohol motifs (C(OH)–C–C–N with tert-alkyl or cyclic N) is 1. The summed E-state index contributed by atoms with van der Waals surface area (Å²) >= 11 is 0. The van der Waals surface area contributed by atoms with Crippen molar-refractivity contribution >= 4 is 0 Å². The average Bonchev–Trinajstić information content (AvgIpc) is 2.38. The highest BCUT2D eigenvalue weighted by molar-refractivity contribution is 5.13. The summed E-state index contributed by atoms with van der Waals surface area (Å²) in [7, 11) is 0. The second kappa shape index (κ2) is 7.21. The summed E-state index contributed by atoms with van der Waals surface area (Å²) in [5, 5.41) is 10.1. The molecular formula is C17H27NO2. The summed E-state index contributed by atoms with van der Waals surface area (Å²) in [5.41, 5.74) is 1.53. The third-order valence-corrected chi connectivity index (χ3v) is 3.87. The van der Waals surface area contributed by atoms with Gasteiger partial charge in [-0.15, -0.1) is 0 Å². The zero-order valence-electron chi connectivity index (χ0n) is 12.7. The fourth-order valence-electron chi connectivity index (χ4n) is 2.94. The summed E-state index contributed by atoms with van der Waals surface area (Å²) in [6, 6.07) is 10.1. The van der Waals surface area contributed by atoms with Gasteiger partial charge in [0.25, 0.3) is 0 Å². The summed E-state index contributed by atoms with van der Waals surface area (Å²) in [6.45, 7) is 8.48. The normalized spacial score (nSPS) is 20.8. The van der Waals surface area contributed by atoms with E-state index in [1.165, 1.54) is 12.8 Å². The molecule has 1 unspecified atom stereocenters. The van der Waals surface area contributed by atoms with Crippen LogP contribution in [0.2, 0.25) is 0 Å². The number of hydrogen-bond donors (Lipinski definition) is 1. The first-order valence-electron chi connectivity index (χ1n) is 7.57. The second-order valence-corrected chi connectivity index (χ2v) is 6.66. The summed E-state index contributed by atoms with van der Waals surface area (Å²) in [6.07, 6.45) is 2.11. The Morgan fingerprint density at radius 1 is 1.30 bits per heavy atom. The number of benzene rings is 1. The van der Waals surface area contributed by atoms with E-state index in [4.69, 9.17) is 4.74 Å². The van der Waals surface area contributed by atoms with Crippen molar-refractivity contribution in [1.82, 2.24) is 4.90 Å². The van der Waals surface area contributed by atoms with Crippen molar-refractivity contribution in [2.45, 2.75) is 39.4 Å². The van der Waals surface area contributed by atoms with Gasteiger partial charge in [-0.2, -0.15) is 0 Å². The Morgan fingerprint density at radius 2 is 2.05 bits per heavy atom. The second-order valence-electron chi connectivity index (χ2n) is 6.66. The van der Waals surface area contributed by atoms with Crippen molar-refractivity contribution in [2.24, 2.45) is 5.41 Å². The number of likely N-dealkylation sites (tertiary alicyclic amines) is 1. The maximum absolute atomic E-state index is 10.1. The number of piperidine rings is 1. The fourth-order valence-corrected chi connectivity index (χ4v) is 2.94. The van der Waals surface area contributed by atoms with Crippen LogP contribution in [0.3, 0.4) is 0 Å². The Morgan fingerprint density at radius 3 is 2.75 bits per heavy atom. The van der Waals surface area contributed by atoms with Gasteiger partial charge in [0.05, 0.1) is 19.3 Å². The molecule has 1 aliphatic rings. The molecular weight excluding hydrogens is 250 g/mol. The van der Waals surface area contributed by atoms with Crippen LogP contribution < -0.4 is 0 Å². The van der Waals surface area contributed by atoms with E-state index >= 15 is 0 Å². The number of hydrogen-bond acceptors (Lipinski definition) is 3. The maximum Gasteiger partial charge on any atom is 0.0900 e. The van der Waals surface area contributed by atoms with E-state index in [1.54, 1.807) is 0 Å². The lowest BCUT2D eigenvalue weighted by Crippen LogP contribution is -2.44. The summed E-state index contributed by atoms with van der Waals surface area (Å²) < 4.78 is 5.60. The predicted molar refractivity (Wildman–Crippen MR) is 81.6 cm³/mol. The van der Waals surface area contributed by atoms with Gasteiger partial charge in [0.15, 0.2) is 0 Å². The van der Waals surface area contributed by atoms with Gasteiger partial charge in [-0.3, -0.25) is 0 Å². The van der Waals surface area contributed by atoms with E-state index in [2.05, 4.69) is 18.7 Å². The third kappa shape index (κ3) is 5.23. The minimum absolute atomic E-state index is 0.378. The molecule has 0 aliphatic carbocycles. The largest absolute Gasteiger partial charge is 0.389 e. The molecule has 1 saturated heterocycles. The van der Waals surface area contributed by atoms with E-state index in [0.717, 1.165) is 25.2 Å². The molecule has 3 nitrogen and oxygen atoms in total. The molecule has 2 rings (SSSR count). The lowest BCUT2D eigenvalue weighted by molar-refractivity contribution is -0.00344. The average molecular weight is 277 g/mol. The van der Waals surface area contributed by atoms with Gasteiger partial charge in [-0.05, 0) is 30.4 Å². The van der Waals surface area contributed by atoms with Crippen molar-refractivity contribution < 1.29 is 9.84 Å². The van der Waals surface area contributed by atoms with E-state index in [9.17, 15) is 5.11 Å². The highest BCUT2D eigenvalue weighted by atomic mass is 16.5. The van der Waals surface area contributed by atoms with Crippen LogP contribution in [0.15, 0.2) is 30.3 Å². The number of nitrogens with zero attached hydrogens (tertiary/aromatic N) is 1. The van der Waals surface area contributed by atoms with Crippen LogP contribution in [0, 0.1) is 5.41 Å². The van der Waals surface area contributed by atoms with Gasteiger partial charge in [0, 0.05) is 13.1 Å². The zero-order valence-corrected chi connectivity index (χ0v) is 12.7. The van der Waals surface area contributed by atoms with Crippen LogP contribution in [0.1, 0.15) is 32.3 Å². The lowest BCUT2D eigenvalue weighted by Gasteiger charge is -2.38. The molecule has 0 amide bonds. The highest BCUT2D eigenvalue weighted by Crippen LogP contribution is 2.28. The number of rotatable bonds is 6. The van der Waals surface area contributed by atoms with Crippen LogP contribution in [0.4, 0.5) is 0 Å². The van der Waals surface area contributed by atoms with Crippen LogP contribution >= 0.6 is 0 Å². The molecule has 0 spiro atoms. The fraction of sp³-hybridized carbons (Fsp3) is 0.647. The van der Waals surface area contributed by atoms with Crippen molar-refractivity contribution in [3.05, 3.63) is 35.9 Å². The SMILES string of the molecule is CC1(C)CCCN(CC(O)COCc2ccccc2)C1. The molecule has 1 N–H and O–H groups in total. The minimum Gasteiger partial charge on any atom is -0.389 e. The molecule has 1 aromatic rings. The Kier molecular flexibility index (Phi) is 5.58. The molecule has 1 fully saturated rings. The molecule has 112 valence electrons. The topological polar surface area (TPSA) is 32.7 Å². The molecule has 1 aliphatic heterocycles.